The minimum Gasteiger partial charge on any atom is -0.208 e. The van der Waals surface area contributed by atoms with Crippen LogP contribution < -0.4 is 4.72 Å². The zero-order chi connectivity index (χ0) is 17.9. The van der Waals surface area contributed by atoms with Crippen molar-refractivity contribution in [3.05, 3.63) is 30.3 Å². The van der Waals surface area contributed by atoms with Crippen LogP contribution in [0.2, 0.25) is 0 Å². The summed E-state index contributed by atoms with van der Waals surface area (Å²) in [5.41, 5.74) is 0.814. The third kappa shape index (κ3) is 3.40. The molecule has 3 nitrogen and oxygen atoms in total. The quantitative estimate of drug-likeness (QED) is 0.852. The van der Waals surface area contributed by atoms with Crippen LogP contribution in [-0.2, 0) is 10.0 Å². The van der Waals surface area contributed by atoms with Crippen molar-refractivity contribution in [3.63, 3.8) is 0 Å². The predicted octanol–water partition coefficient (Wildman–Crippen LogP) is 4.60. The molecule has 4 aliphatic carbocycles. The molecule has 4 aliphatic rings. The van der Waals surface area contributed by atoms with Gasteiger partial charge in [0, 0.05) is 6.04 Å². The van der Waals surface area contributed by atoms with Crippen molar-refractivity contribution in [2.24, 2.45) is 28.6 Å². The summed E-state index contributed by atoms with van der Waals surface area (Å²) in [6.07, 6.45) is 7.49. The van der Waals surface area contributed by atoms with Crippen molar-refractivity contribution >= 4 is 10.0 Å². The normalized spacial score (nSPS) is 37.4. The fourth-order valence-corrected chi connectivity index (χ4v) is 7.97. The van der Waals surface area contributed by atoms with E-state index in [0.29, 0.717) is 27.6 Å². The zero-order valence-electron chi connectivity index (χ0n) is 15.7. The molecule has 4 bridgehead atoms. The summed E-state index contributed by atoms with van der Waals surface area (Å²) >= 11 is 0. The van der Waals surface area contributed by atoms with Gasteiger partial charge < -0.3 is 0 Å². The predicted molar refractivity (Wildman–Crippen MR) is 101 cm³/mol. The third-order valence-corrected chi connectivity index (χ3v) is 8.13. The van der Waals surface area contributed by atoms with Crippen LogP contribution in [0.5, 0.6) is 0 Å². The van der Waals surface area contributed by atoms with E-state index in [0.717, 1.165) is 5.92 Å². The number of benzene rings is 1. The third-order valence-electron chi connectivity index (χ3n) is 6.65. The van der Waals surface area contributed by atoms with E-state index in [-0.39, 0.29) is 6.04 Å². The topological polar surface area (TPSA) is 46.2 Å². The van der Waals surface area contributed by atoms with Gasteiger partial charge in [-0.3, -0.25) is 0 Å². The van der Waals surface area contributed by atoms with Gasteiger partial charge in [0.05, 0.1) is 4.90 Å². The fraction of sp³-hybridized carbons (Fsp3) is 0.714. The minimum absolute atomic E-state index is 0.134. The lowest BCUT2D eigenvalue weighted by Crippen LogP contribution is -2.59. The summed E-state index contributed by atoms with van der Waals surface area (Å²) in [7, 11) is -3.41. The lowest BCUT2D eigenvalue weighted by atomic mass is 9.46. The molecular formula is C21H31NO2S. The molecule has 0 radical (unpaired) electrons. The van der Waals surface area contributed by atoms with E-state index in [4.69, 9.17) is 0 Å². The average molecular weight is 362 g/mol. The minimum atomic E-state index is -3.41. The molecule has 1 aromatic rings. The number of rotatable bonds is 4. The van der Waals surface area contributed by atoms with E-state index >= 15 is 0 Å². The van der Waals surface area contributed by atoms with Gasteiger partial charge in [0.1, 0.15) is 0 Å². The Kier molecular flexibility index (Phi) is 4.08. The van der Waals surface area contributed by atoms with Crippen molar-refractivity contribution < 1.29 is 8.42 Å². The first kappa shape index (κ1) is 17.5. The fourth-order valence-electron chi connectivity index (χ4n) is 6.57. The highest BCUT2D eigenvalue weighted by Crippen LogP contribution is 2.63. The second-order valence-electron chi connectivity index (χ2n) is 10.2. The summed E-state index contributed by atoms with van der Waals surface area (Å²) in [6.45, 7) is 7.05. The maximum atomic E-state index is 12.8. The largest absolute Gasteiger partial charge is 0.240 e. The second-order valence-corrected chi connectivity index (χ2v) is 11.9. The first-order valence-electron chi connectivity index (χ1n) is 9.73. The number of hydrogen-bond donors (Lipinski definition) is 1. The first-order valence-corrected chi connectivity index (χ1v) is 11.2. The zero-order valence-corrected chi connectivity index (χ0v) is 16.5. The molecule has 4 saturated carbocycles. The molecule has 0 heterocycles. The lowest BCUT2D eigenvalue weighted by molar-refractivity contribution is -0.0881. The van der Waals surface area contributed by atoms with E-state index in [1.54, 1.807) is 24.3 Å². The van der Waals surface area contributed by atoms with Crippen LogP contribution in [0.4, 0.5) is 0 Å². The highest BCUT2D eigenvalue weighted by Gasteiger charge is 2.56. The Balaban J connectivity index is 1.55. The van der Waals surface area contributed by atoms with E-state index in [1.807, 2.05) is 6.07 Å². The average Bonchev–Trinajstić information content (AvgIpc) is 2.49. The van der Waals surface area contributed by atoms with Crippen molar-refractivity contribution in [1.82, 2.24) is 4.72 Å². The molecule has 138 valence electrons. The molecule has 5 rings (SSSR count). The summed E-state index contributed by atoms with van der Waals surface area (Å²) < 4.78 is 28.8. The standard InChI is InChI=1S/C21H31NO2S/c1-20(2,3)14-21-11-15-9-16(12-21)19(17(10-15)13-21)22-25(23,24)18-7-5-4-6-8-18/h4-8,15-17,19,22H,9-14H2,1-3H3. The smallest absolute Gasteiger partial charge is 0.208 e. The monoisotopic (exact) mass is 361 g/mol. The van der Waals surface area contributed by atoms with Crippen molar-refractivity contribution in [3.8, 4) is 0 Å². The molecule has 4 heteroatoms. The molecule has 2 unspecified atom stereocenters. The molecule has 4 fully saturated rings. The Morgan fingerprint density at radius 1 is 1.04 bits per heavy atom. The Morgan fingerprint density at radius 3 is 2.20 bits per heavy atom. The van der Waals surface area contributed by atoms with Crippen LogP contribution in [0.1, 0.15) is 59.3 Å². The number of sulfonamides is 1. The molecule has 0 saturated heterocycles. The van der Waals surface area contributed by atoms with Crippen LogP contribution in [0.25, 0.3) is 0 Å². The summed E-state index contributed by atoms with van der Waals surface area (Å²) in [6, 6.07) is 8.97. The molecule has 0 amide bonds. The summed E-state index contributed by atoms with van der Waals surface area (Å²) in [5, 5.41) is 0. The summed E-state index contributed by atoms with van der Waals surface area (Å²) in [5.74, 6) is 1.86. The maximum absolute atomic E-state index is 12.8. The van der Waals surface area contributed by atoms with Crippen LogP contribution >= 0.6 is 0 Å². The molecule has 1 aromatic carbocycles. The molecule has 0 aliphatic heterocycles. The molecule has 2 atom stereocenters. The van der Waals surface area contributed by atoms with Crippen LogP contribution in [0.15, 0.2) is 35.2 Å². The SMILES string of the molecule is CC(C)(C)CC12CC3CC(C1)C(NS(=O)(=O)c1ccccc1)C(C3)C2. The molecule has 0 aromatic heterocycles. The van der Waals surface area contributed by atoms with Gasteiger partial charge in [0.2, 0.25) is 10.0 Å². The molecule has 1 N–H and O–H groups in total. The van der Waals surface area contributed by atoms with Gasteiger partial charge in [0.15, 0.2) is 0 Å². The number of nitrogens with one attached hydrogen (secondary N) is 1. The van der Waals surface area contributed by atoms with E-state index in [1.165, 1.54) is 38.5 Å². The Morgan fingerprint density at radius 2 is 1.64 bits per heavy atom. The molecule has 25 heavy (non-hydrogen) atoms. The second kappa shape index (κ2) is 5.82. The van der Waals surface area contributed by atoms with Crippen LogP contribution in [0.3, 0.4) is 0 Å². The van der Waals surface area contributed by atoms with E-state index in [9.17, 15) is 8.42 Å². The Hall–Kier alpha value is -0.870. The van der Waals surface area contributed by atoms with E-state index < -0.39 is 10.0 Å². The van der Waals surface area contributed by atoms with E-state index in [2.05, 4.69) is 25.5 Å². The first-order chi connectivity index (χ1) is 11.7. The highest BCUT2D eigenvalue weighted by atomic mass is 32.2. The van der Waals surface area contributed by atoms with Gasteiger partial charge in [-0.1, -0.05) is 39.0 Å². The maximum Gasteiger partial charge on any atom is 0.240 e. The van der Waals surface area contributed by atoms with Crippen molar-refractivity contribution in [1.29, 1.82) is 0 Å². The Labute approximate surface area is 152 Å². The van der Waals surface area contributed by atoms with Crippen molar-refractivity contribution in [2.75, 3.05) is 0 Å². The summed E-state index contributed by atoms with van der Waals surface area (Å²) in [4.78, 5) is 0.396. The highest BCUT2D eigenvalue weighted by molar-refractivity contribution is 7.89. The van der Waals surface area contributed by atoms with Gasteiger partial charge in [-0.05, 0) is 79.2 Å². The van der Waals surface area contributed by atoms with Crippen LogP contribution in [0, 0.1) is 28.6 Å². The lowest BCUT2D eigenvalue weighted by Gasteiger charge is -2.61. The van der Waals surface area contributed by atoms with Gasteiger partial charge in [0.25, 0.3) is 0 Å². The number of hydrogen-bond acceptors (Lipinski definition) is 2. The van der Waals surface area contributed by atoms with Gasteiger partial charge >= 0.3 is 0 Å². The van der Waals surface area contributed by atoms with Gasteiger partial charge in [-0.2, -0.15) is 0 Å². The van der Waals surface area contributed by atoms with Crippen molar-refractivity contribution in [2.45, 2.75) is 70.2 Å². The van der Waals surface area contributed by atoms with Gasteiger partial charge in [-0.25, -0.2) is 13.1 Å². The molecule has 0 spiro atoms. The van der Waals surface area contributed by atoms with Gasteiger partial charge in [-0.15, -0.1) is 0 Å². The molecular weight excluding hydrogens is 330 g/mol. The van der Waals surface area contributed by atoms with Crippen LogP contribution in [-0.4, -0.2) is 14.5 Å². The Bertz CT molecular complexity index is 719.